The number of rotatable bonds is 6. The molecule has 6 nitrogen and oxygen atoms in total. The number of carbonyl (C=O) groups excluding carboxylic acids is 1. The Bertz CT molecular complexity index is 954. The van der Waals surface area contributed by atoms with E-state index in [0.717, 1.165) is 23.9 Å². The molecule has 0 radical (unpaired) electrons. The quantitative estimate of drug-likeness (QED) is 0.746. The zero-order valence-corrected chi connectivity index (χ0v) is 13.9. The number of benzene rings is 1. The van der Waals surface area contributed by atoms with Crippen molar-refractivity contribution in [2.45, 2.75) is 25.9 Å². The van der Waals surface area contributed by atoms with Gasteiger partial charge in [-0.1, -0.05) is 30.3 Å². The topological polar surface area (TPSA) is 68.9 Å². The lowest BCUT2D eigenvalue weighted by Gasteiger charge is -2.05. The van der Waals surface area contributed by atoms with Gasteiger partial charge in [0.25, 0.3) is 0 Å². The Morgan fingerprint density at radius 2 is 1.92 bits per heavy atom. The summed E-state index contributed by atoms with van der Waals surface area (Å²) in [4.78, 5) is 29.0. The van der Waals surface area contributed by atoms with Gasteiger partial charge in [0.2, 0.25) is 5.91 Å². The van der Waals surface area contributed by atoms with Crippen LogP contribution in [0, 0.1) is 5.92 Å². The van der Waals surface area contributed by atoms with Crippen molar-refractivity contribution < 1.29 is 4.79 Å². The number of hydrogen-bond donors (Lipinski definition) is 1. The first-order valence-electron chi connectivity index (χ1n) is 8.60. The van der Waals surface area contributed by atoms with Gasteiger partial charge in [-0.3, -0.25) is 13.9 Å². The smallest absolute Gasteiger partial charge is 0.330 e. The molecular formula is C19H20N4O2. The van der Waals surface area contributed by atoms with Crippen molar-refractivity contribution in [3.63, 3.8) is 0 Å². The summed E-state index contributed by atoms with van der Waals surface area (Å²) < 4.78 is 3.38. The number of aromatic nitrogens is 3. The molecule has 1 fully saturated rings. The lowest BCUT2D eigenvalue weighted by atomic mass is 10.2. The summed E-state index contributed by atoms with van der Waals surface area (Å²) in [5, 5.41) is 2.91. The summed E-state index contributed by atoms with van der Waals surface area (Å²) in [6, 6.07) is 13.6. The van der Waals surface area contributed by atoms with Crippen molar-refractivity contribution in [3.05, 3.63) is 64.7 Å². The lowest BCUT2D eigenvalue weighted by molar-refractivity contribution is -0.122. The first kappa shape index (κ1) is 15.6. The fraction of sp³-hybridized carbons (Fsp3) is 0.316. The molecule has 2 heterocycles. The van der Waals surface area contributed by atoms with E-state index in [1.807, 2.05) is 42.5 Å². The van der Waals surface area contributed by atoms with Gasteiger partial charge in [-0.05, 0) is 30.5 Å². The van der Waals surface area contributed by atoms with E-state index in [9.17, 15) is 9.59 Å². The van der Waals surface area contributed by atoms with Crippen LogP contribution in [-0.4, -0.2) is 26.6 Å². The highest BCUT2D eigenvalue weighted by Crippen LogP contribution is 2.28. The van der Waals surface area contributed by atoms with E-state index >= 15 is 0 Å². The Labute approximate surface area is 145 Å². The molecule has 1 saturated carbocycles. The number of amides is 1. The first-order chi connectivity index (χ1) is 12.2. The van der Waals surface area contributed by atoms with E-state index in [2.05, 4.69) is 10.3 Å². The summed E-state index contributed by atoms with van der Waals surface area (Å²) >= 11 is 0. The molecule has 0 bridgehead atoms. The van der Waals surface area contributed by atoms with Gasteiger partial charge in [-0.25, -0.2) is 9.78 Å². The minimum Gasteiger partial charge on any atom is -0.354 e. The van der Waals surface area contributed by atoms with Crippen LogP contribution in [0.5, 0.6) is 0 Å². The second-order valence-electron chi connectivity index (χ2n) is 6.42. The van der Waals surface area contributed by atoms with Crippen molar-refractivity contribution in [2.24, 2.45) is 5.92 Å². The van der Waals surface area contributed by atoms with Crippen LogP contribution in [0.3, 0.4) is 0 Å². The highest BCUT2D eigenvalue weighted by molar-refractivity contribution is 5.80. The zero-order valence-electron chi connectivity index (χ0n) is 13.9. The van der Waals surface area contributed by atoms with Gasteiger partial charge in [0.05, 0.1) is 12.1 Å². The predicted octanol–water partition coefficient (Wildman–Crippen LogP) is 1.77. The van der Waals surface area contributed by atoms with Gasteiger partial charge in [0.15, 0.2) is 5.65 Å². The van der Waals surface area contributed by atoms with Crippen molar-refractivity contribution in [1.82, 2.24) is 19.4 Å². The van der Waals surface area contributed by atoms with Crippen LogP contribution >= 0.6 is 0 Å². The van der Waals surface area contributed by atoms with Crippen LogP contribution in [0.15, 0.2) is 53.5 Å². The Morgan fingerprint density at radius 3 is 2.68 bits per heavy atom. The number of fused-ring (bicyclic) bond motifs is 1. The summed E-state index contributed by atoms with van der Waals surface area (Å²) in [7, 11) is 0. The van der Waals surface area contributed by atoms with E-state index in [0.29, 0.717) is 25.3 Å². The van der Waals surface area contributed by atoms with Gasteiger partial charge in [0.1, 0.15) is 0 Å². The molecule has 1 aromatic carbocycles. The summed E-state index contributed by atoms with van der Waals surface area (Å²) in [6.45, 7) is 1.37. The monoisotopic (exact) mass is 336 g/mol. The molecule has 0 saturated heterocycles. The van der Waals surface area contributed by atoms with Crippen molar-refractivity contribution in [2.75, 3.05) is 6.54 Å². The second kappa shape index (κ2) is 6.55. The predicted molar refractivity (Wildman–Crippen MR) is 95.3 cm³/mol. The van der Waals surface area contributed by atoms with Crippen molar-refractivity contribution in [3.8, 4) is 0 Å². The summed E-state index contributed by atoms with van der Waals surface area (Å²) in [5.74, 6) is 0.267. The Balaban J connectivity index is 1.61. The highest BCUT2D eigenvalue weighted by atomic mass is 16.2. The third kappa shape index (κ3) is 3.20. The third-order valence-corrected chi connectivity index (χ3v) is 4.54. The Morgan fingerprint density at radius 1 is 1.12 bits per heavy atom. The van der Waals surface area contributed by atoms with Crippen LogP contribution in [0.2, 0.25) is 0 Å². The average Bonchev–Trinajstić information content (AvgIpc) is 3.46. The van der Waals surface area contributed by atoms with Crippen LogP contribution in [0.1, 0.15) is 18.4 Å². The van der Waals surface area contributed by atoms with E-state index in [1.165, 1.54) is 0 Å². The molecule has 3 aromatic rings. The number of hydrogen-bond acceptors (Lipinski definition) is 3. The molecule has 0 unspecified atom stereocenters. The van der Waals surface area contributed by atoms with Gasteiger partial charge < -0.3 is 5.32 Å². The minimum atomic E-state index is -0.0989. The molecule has 4 rings (SSSR count). The number of pyridine rings is 1. The Kier molecular flexibility index (Phi) is 4.09. The number of nitrogens with one attached hydrogen (secondary N) is 1. The SMILES string of the molecule is O=C(NCCn1c(=O)n(Cc2ccccc2)c2cccnc21)C1CC1. The fourth-order valence-corrected chi connectivity index (χ4v) is 3.05. The van der Waals surface area contributed by atoms with Crippen LogP contribution in [-0.2, 0) is 17.9 Å². The maximum Gasteiger partial charge on any atom is 0.330 e. The molecule has 1 amide bonds. The third-order valence-electron chi connectivity index (χ3n) is 4.54. The number of imidazole rings is 1. The highest BCUT2D eigenvalue weighted by Gasteiger charge is 2.29. The normalized spacial score (nSPS) is 13.9. The van der Waals surface area contributed by atoms with E-state index in [1.54, 1.807) is 15.3 Å². The lowest BCUT2D eigenvalue weighted by Crippen LogP contribution is -2.32. The minimum absolute atomic E-state index is 0.0917. The molecule has 0 aliphatic heterocycles. The largest absolute Gasteiger partial charge is 0.354 e. The molecule has 25 heavy (non-hydrogen) atoms. The molecule has 1 N–H and O–H groups in total. The first-order valence-corrected chi connectivity index (χ1v) is 8.60. The molecule has 0 atom stereocenters. The Hall–Kier alpha value is -2.89. The standard InChI is InChI=1S/C19H20N4O2/c24-18(15-8-9-15)21-11-12-22-17-16(7-4-10-20-17)23(19(22)25)13-14-5-2-1-3-6-14/h1-7,10,15H,8-9,11-13H2,(H,21,24). The van der Waals surface area contributed by atoms with Crippen LogP contribution < -0.4 is 11.0 Å². The maximum absolute atomic E-state index is 12.9. The van der Waals surface area contributed by atoms with E-state index in [-0.39, 0.29) is 17.5 Å². The van der Waals surface area contributed by atoms with Crippen LogP contribution in [0.4, 0.5) is 0 Å². The van der Waals surface area contributed by atoms with Crippen LogP contribution in [0.25, 0.3) is 11.2 Å². The average molecular weight is 336 g/mol. The van der Waals surface area contributed by atoms with Gasteiger partial charge >= 0.3 is 5.69 Å². The zero-order chi connectivity index (χ0) is 17.2. The fourth-order valence-electron chi connectivity index (χ4n) is 3.05. The number of nitrogens with zero attached hydrogens (tertiary/aromatic N) is 3. The van der Waals surface area contributed by atoms with E-state index in [4.69, 9.17) is 0 Å². The molecule has 0 spiro atoms. The molecular weight excluding hydrogens is 316 g/mol. The van der Waals surface area contributed by atoms with Gasteiger partial charge in [-0.15, -0.1) is 0 Å². The molecule has 128 valence electrons. The summed E-state index contributed by atoms with van der Waals surface area (Å²) in [5.41, 5.74) is 2.43. The van der Waals surface area contributed by atoms with Gasteiger partial charge in [-0.2, -0.15) is 0 Å². The summed E-state index contributed by atoms with van der Waals surface area (Å²) in [6.07, 6.45) is 3.64. The molecule has 1 aliphatic carbocycles. The molecule has 2 aromatic heterocycles. The van der Waals surface area contributed by atoms with E-state index < -0.39 is 0 Å². The maximum atomic E-state index is 12.9. The molecule has 6 heteroatoms. The second-order valence-corrected chi connectivity index (χ2v) is 6.42. The molecule has 1 aliphatic rings. The van der Waals surface area contributed by atoms with Gasteiger partial charge in [0, 0.05) is 25.2 Å². The number of carbonyl (C=O) groups is 1. The van der Waals surface area contributed by atoms with Crippen molar-refractivity contribution >= 4 is 17.1 Å². The van der Waals surface area contributed by atoms with Crippen molar-refractivity contribution in [1.29, 1.82) is 0 Å².